The molecule has 4 nitrogen and oxygen atoms in total. The highest BCUT2D eigenvalue weighted by atomic mass is 28.4. The van der Waals surface area contributed by atoms with E-state index in [4.69, 9.17) is 4.74 Å². The van der Waals surface area contributed by atoms with E-state index in [1.54, 1.807) is 0 Å². The summed E-state index contributed by atoms with van der Waals surface area (Å²) in [7, 11) is -4.50. The smallest absolute Gasteiger partial charge is 0.306 e. The summed E-state index contributed by atoms with van der Waals surface area (Å²) in [5.74, 6) is 1.23. The van der Waals surface area contributed by atoms with E-state index in [1.165, 1.54) is 0 Å². The minimum atomic E-state index is -2.26. The lowest BCUT2D eigenvalue weighted by Gasteiger charge is -2.40. The Balaban J connectivity index is 2.16. The standard InChI is InChI=1S/C20H40O4Si2/c1-19(2,25(5,6)22)10-9-15-14(13-20(3,4)26(7,8)23)11-17-16(15)12-18(21)24-17/h14-17,22-23H,9-13H2,1-8H3/t14-,15-,16+,17-/m0/s1. The third-order valence-corrected chi connectivity index (χ3v) is 15.1. The van der Waals surface area contributed by atoms with Crippen LogP contribution in [-0.2, 0) is 9.53 Å². The van der Waals surface area contributed by atoms with Crippen LogP contribution in [0.1, 0.15) is 59.8 Å². The van der Waals surface area contributed by atoms with E-state index in [9.17, 15) is 14.4 Å². The van der Waals surface area contributed by atoms with Crippen LogP contribution in [0.4, 0.5) is 0 Å². The van der Waals surface area contributed by atoms with Crippen LogP contribution >= 0.6 is 0 Å². The molecule has 1 saturated carbocycles. The van der Waals surface area contributed by atoms with Gasteiger partial charge in [0.05, 0.1) is 6.42 Å². The zero-order valence-electron chi connectivity index (χ0n) is 18.1. The molecule has 0 aromatic rings. The molecule has 6 heteroatoms. The summed E-state index contributed by atoms with van der Waals surface area (Å²) in [6.45, 7) is 16.9. The fourth-order valence-electron chi connectivity index (χ4n) is 4.52. The van der Waals surface area contributed by atoms with Gasteiger partial charge in [-0.05, 0) is 73.8 Å². The van der Waals surface area contributed by atoms with Crippen LogP contribution in [0.15, 0.2) is 0 Å². The van der Waals surface area contributed by atoms with Gasteiger partial charge >= 0.3 is 5.97 Å². The van der Waals surface area contributed by atoms with E-state index in [1.807, 2.05) is 26.2 Å². The molecule has 0 amide bonds. The second kappa shape index (κ2) is 7.01. The highest BCUT2D eigenvalue weighted by molar-refractivity contribution is 6.73. The molecule has 2 rings (SSSR count). The molecule has 1 heterocycles. The first-order valence-corrected chi connectivity index (χ1v) is 16.1. The molecule has 0 bridgehead atoms. The van der Waals surface area contributed by atoms with Crippen LogP contribution < -0.4 is 0 Å². The highest BCUT2D eigenvalue weighted by Crippen LogP contribution is 2.55. The average Bonchev–Trinajstić information content (AvgIpc) is 2.89. The van der Waals surface area contributed by atoms with Gasteiger partial charge in [-0.2, -0.15) is 0 Å². The molecule has 0 aromatic heterocycles. The van der Waals surface area contributed by atoms with Crippen molar-refractivity contribution < 1.29 is 19.1 Å². The first-order chi connectivity index (χ1) is 11.6. The van der Waals surface area contributed by atoms with E-state index >= 15 is 0 Å². The van der Waals surface area contributed by atoms with E-state index < -0.39 is 16.6 Å². The lowest BCUT2D eigenvalue weighted by Crippen LogP contribution is -2.41. The topological polar surface area (TPSA) is 66.8 Å². The molecule has 1 aliphatic carbocycles. The summed E-state index contributed by atoms with van der Waals surface area (Å²) in [4.78, 5) is 33.2. The van der Waals surface area contributed by atoms with Crippen molar-refractivity contribution in [1.29, 1.82) is 0 Å². The lowest BCUT2D eigenvalue weighted by atomic mass is 9.79. The summed E-state index contributed by atoms with van der Waals surface area (Å²) < 4.78 is 5.61. The number of hydrogen-bond acceptors (Lipinski definition) is 4. The minimum absolute atomic E-state index is 0.0420. The van der Waals surface area contributed by atoms with Crippen LogP contribution in [0.25, 0.3) is 0 Å². The second-order valence-electron chi connectivity index (χ2n) is 11.2. The summed E-state index contributed by atoms with van der Waals surface area (Å²) in [5.41, 5.74) is 0. The van der Waals surface area contributed by atoms with Gasteiger partial charge < -0.3 is 14.3 Å². The Morgan fingerprint density at radius 3 is 2.08 bits per heavy atom. The van der Waals surface area contributed by atoms with Crippen molar-refractivity contribution in [2.75, 3.05) is 0 Å². The van der Waals surface area contributed by atoms with Crippen molar-refractivity contribution in [3.63, 3.8) is 0 Å². The molecule has 4 atom stereocenters. The third kappa shape index (κ3) is 4.45. The molecule has 26 heavy (non-hydrogen) atoms. The molecule has 152 valence electrons. The lowest BCUT2D eigenvalue weighted by molar-refractivity contribution is -0.141. The van der Waals surface area contributed by atoms with Gasteiger partial charge in [0.25, 0.3) is 0 Å². The second-order valence-corrected chi connectivity index (χ2v) is 20.1. The summed E-state index contributed by atoms with van der Waals surface area (Å²) in [6.07, 6.45) is 4.58. The van der Waals surface area contributed by atoms with E-state index in [0.29, 0.717) is 24.2 Å². The molecule has 2 fully saturated rings. The number of carbonyl (C=O) groups is 1. The van der Waals surface area contributed by atoms with E-state index in [-0.39, 0.29) is 22.1 Å². The van der Waals surface area contributed by atoms with Crippen molar-refractivity contribution in [1.82, 2.24) is 0 Å². The first kappa shape index (κ1) is 22.1. The van der Waals surface area contributed by atoms with E-state index in [0.717, 1.165) is 25.7 Å². The van der Waals surface area contributed by atoms with Gasteiger partial charge in [0, 0.05) is 5.92 Å². The van der Waals surface area contributed by atoms with Crippen LogP contribution in [0.2, 0.25) is 36.3 Å². The van der Waals surface area contributed by atoms with Crippen LogP contribution in [0.3, 0.4) is 0 Å². The maximum absolute atomic E-state index is 11.8. The highest BCUT2D eigenvalue weighted by Gasteiger charge is 2.53. The Kier molecular flexibility index (Phi) is 5.97. The normalized spacial score (nSPS) is 30.5. The summed E-state index contributed by atoms with van der Waals surface area (Å²) in [6, 6.07) is 0. The fourth-order valence-corrected chi connectivity index (χ4v) is 6.04. The molecule has 2 aliphatic rings. The van der Waals surface area contributed by atoms with Crippen molar-refractivity contribution in [3.05, 3.63) is 0 Å². The monoisotopic (exact) mass is 400 g/mol. The SMILES string of the molecule is CC(C)(CC[C@H]1[C@H](CC(C)(C)[Si](C)(C)O)C[C@@H]2OC(=O)C[C@H]12)[Si](C)(C)O. The molecule has 1 aliphatic heterocycles. The van der Waals surface area contributed by atoms with Gasteiger partial charge in [-0.1, -0.05) is 27.7 Å². The van der Waals surface area contributed by atoms with Gasteiger partial charge in [-0.3, -0.25) is 4.79 Å². The zero-order chi connectivity index (χ0) is 20.1. The molecule has 0 spiro atoms. The van der Waals surface area contributed by atoms with Gasteiger partial charge in [0.15, 0.2) is 16.6 Å². The number of hydrogen-bond donors (Lipinski definition) is 2. The third-order valence-electron chi connectivity index (χ3n) is 8.04. The minimum Gasteiger partial charge on any atom is -0.462 e. The zero-order valence-corrected chi connectivity index (χ0v) is 20.1. The van der Waals surface area contributed by atoms with Crippen molar-refractivity contribution >= 4 is 22.6 Å². The number of esters is 1. The number of fused-ring (bicyclic) bond motifs is 1. The Hall–Kier alpha value is -0.176. The van der Waals surface area contributed by atoms with Crippen LogP contribution in [-0.4, -0.2) is 38.3 Å². The first-order valence-electron chi connectivity index (χ1n) is 10.2. The van der Waals surface area contributed by atoms with Crippen LogP contribution in [0.5, 0.6) is 0 Å². The van der Waals surface area contributed by atoms with Gasteiger partial charge in [0.2, 0.25) is 0 Å². The van der Waals surface area contributed by atoms with Gasteiger partial charge in [0.1, 0.15) is 6.10 Å². The Labute approximate surface area is 162 Å². The molecular formula is C20H40O4Si2. The Morgan fingerprint density at radius 1 is 1.04 bits per heavy atom. The molecule has 0 aromatic carbocycles. The molecule has 0 unspecified atom stereocenters. The van der Waals surface area contributed by atoms with Crippen molar-refractivity contribution in [3.8, 4) is 0 Å². The molecule has 1 saturated heterocycles. The van der Waals surface area contributed by atoms with Crippen molar-refractivity contribution in [2.24, 2.45) is 17.8 Å². The van der Waals surface area contributed by atoms with E-state index in [2.05, 4.69) is 27.7 Å². The molecule has 0 radical (unpaired) electrons. The summed E-state index contributed by atoms with van der Waals surface area (Å²) in [5, 5.41) is -0.0985. The Bertz CT molecular complexity index is 531. The molecular weight excluding hydrogens is 360 g/mol. The van der Waals surface area contributed by atoms with Crippen LogP contribution in [0, 0.1) is 17.8 Å². The predicted molar refractivity (Wildman–Crippen MR) is 111 cm³/mol. The largest absolute Gasteiger partial charge is 0.462 e. The van der Waals surface area contributed by atoms with Crippen molar-refractivity contribution in [2.45, 2.75) is 102 Å². The number of ether oxygens (including phenoxy) is 1. The quantitative estimate of drug-likeness (QED) is 0.481. The maximum atomic E-state index is 11.8. The van der Waals surface area contributed by atoms with Gasteiger partial charge in [-0.15, -0.1) is 0 Å². The number of rotatable bonds is 7. The summed E-state index contributed by atoms with van der Waals surface area (Å²) >= 11 is 0. The number of carbonyl (C=O) groups excluding carboxylic acids is 1. The van der Waals surface area contributed by atoms with Gasteiger partial charge in [-0.25, -0.2) is 0 Å². The maximum Gasteiger partial charge on any atom is 0.306 e. The average molecular weight is 401 g/mol. The fraction of sp³-hybridized carbons (Fsp3) is 0.950. The predicted octanol–water partition coefficient (Wildman–Crippen LogP) is 4.68. The Morgan fingerprint density at radius 2 is 1.58 bits per heavy atom. The molecule has 2 N–H and O–H groups in total.